The number of aromatic nitrogens is 3. The first-order chi connectivity index (χ1) is 14.1. The van der Waals surface area contributed by atoms with E-state index in [9.17, 15) is 4.79 Å². The van der Waals surface area contributed by atoms with Crippen molar-refractivity contribution in [1.29, 1.82) is 0 Å². The largest absolute Gasteiger partial charge is 0.497 e. The van der Waals surface area contributed by atoms with E-state index in [0.717, 1.165) is 33.2 Å². The third-order valence-corrected chi connectivity index (χ3v) is 5.38. The summed E-state index contributed by atoms with van der Waals surface area (Å²) in [5, 5.41) is 4.77. The fourth-order valence-electron chi connectivity index (χ4n) is 2.99. The summed E-state index contributed by atoms with van der Waals surface area (Å²) in [6.07, 6.45) is 3.86. The minimum Gasteiger partial charge on any atom is -0.497 e. The number of anilines is 1. The van der Waals surface area contributed by atoms with Crippen molar-refractivity contribution in [3.63, 3.8) is 0 Å². The summed E-state index contributed by atoms with van der Waals surface area (Å²) in [4.78, 5) is 22.2. The third-order valence-electron chi connectivity index (χ3n) is 4.49. The highest BCUT2D eigenvalue weighted by Gasteiger charge is 2.16. The van der Waals surface area contributed by atoms with Crippen molar-refractivity contribution < 1.29 is 14.3 Å². The van der Waals surface area contributed by atoms with Gasteiger partial charge in [-0.2, -0.15) is 0 Å². The molecule has 1 N–H and O–H groups in total. The van der Waals surface area contributed by atoms with Crippen LogP contribution in [0.4, 0.5) is 5.82 Å². The SMILES string of the molecule is COc1ccc(OC)c(-c2cn3c(CC(=O)Nc4ccc(C)cn4)csc3n2)c1. The minimum absolute atomic E-state index is 0.129. The van der Waals surface area contributed by atoms with Crippen LogP contribution in [-0.4, -0.2) is 34.5 Å². The number of methoxy groups -OCH3 is 2. The van der Waals surface area contributed by atoms with E-state index in [-0.39, 0.29) is 12.3 Å². The maximum absolute atomic E-state index is 12.5. The Morgan fingerprint density at radius 3 is 2.79 bits per heavy atom. The standard InChI is InChI=1S/C21H20N4O3S/c1-13-4-7-19(22-10-13)24-20(26)8-14-12-29-21-23-17(11-25(14)21)16-9-15(27-2)5-6-18(16)28-3/h4-7,9-12H,8H2,1-3H3,(H,22,24,26). The van der Waals surface area contributed by atoms with Crippen molar-refractivity contribution >= 4 is 28.0 Å². The second kappa shape index (κ2) is 7.92. The highest BCUT2D eigenvalue weighted by atomic mass is 32.1. The number of hydrogen-bond acceptors (Lipinski definition) is 6. The number of nitrogens with zero attached hydrogens (tertiary/aromatic N) is 3. The summed E-state index contributed by atoms with van der Waals surface area (Å²) < 4.78 is 12.7. The van der Waals surface area contributed by atoms with Crippen LogP contribution < -0.4 is 14.8 Å². The lowest BCUT2D eigenvalue weighted by molar-refractivity contribution is -0.115. The molecule has 3 aromatic heterocycles. The highest BCUT2D eigenvalue weighted by molar-refractivity contribution is 7.15. The Bertz CT molecular complexity index is 1160. The summed E-state index contributed by atoms with van der Waals surface area (Å²) in [5.41, 5.74) is 3.49. The number of hydrogen-bond donors (Lipinski definition) is 1. The van der Waals surface area contributed by atoms with E-state index in [1.165, 1.54) is 11.3 Å². The van der Waals surface area contributed by atoms with Crippen LogP contribution in [0.1, 0.15) is 11.3 Å². The van der Waals surface area contributed by atoms with Crippen LogP contribution in [0.2, 0.25) is 0 Å². The van der Waals surface area contributed by atoms with Gasteiger partial charge in [0, 0.05) is 29.0 Å². The lowest BCUT2D eigenvalue weighted by atomic mass is 10.1. The molecule has 29 heavy (non-hydrogen) atoms. The molecule has 0 bridgehead atoms. The smallest absolute Gasteiger partial charge is 0.231 e. The monoisotopic (exact) mass is 408 g/mol. The molecule has 0 unspecified atom stereocenters. The number of amides is 1. The van der Waals surface area contributed by atoms with Crippen LogP contribution >= 0.6 is 11.3 Å². The predicted octanol–water partition coefficient (Wildman–Crippen LogP) is 3.96. The van der Waals surface area contributed by atoms with E-state index < -0.39 is 0 Å². The molecule has 3 heterocycles. The number of carbonyl (C=O) groups excluding carboxylic acids is 1. The van der Waals surface area contributed by atoms with Crippen molar-refractivity contribution in [3.8, 4) is 22.8 Å². The topological polar surface area (TPSA) is 77.8 Å². The molecular weight excluding hydrogens is 388 g/mol. The Hall–Kier alpha value is -3.39. The minimum atomic E-state index is -0.129. The second-order valence-electron chi connectivity index (χ2n) is 6.52. The number of aryl methyl sites for hydroxylation is 1. The first-order valence-electron chi connectivity index (χ1n) is 8.97. The Balaban J connectivity index is 1.59. The Kier molecular flexibility index (Phi) is 5.18. The molecule has 0 fully saturated rings. The maximum Gasteiger partial charge on any atom is 0.231 e. The Morgan fingerprint density at radius 1 is 1.21 bits per heavy atom. The van der Waals surface area contributed by atoms with Gasteiger partial charge in [0.2, 0.25) is 5.91 Å². The zero-order valence-electron chi connectivity index (χ0n) is 16.3. The van der Waals surface area contributed by atoms with E-state index in [1.807, 2.05) is 47.2 Å². The molecule has 1 aromatic carbocycles. The van der Waals surface area contributed by atoms with Gasteiger partial charge in [0.25, 0.3) is 0 Å². The normalized spacial score (nSPS) is 10.9. The molecule has 4 aromatic rings. The number of benzene rings is 1. The quantitative estimate of drug-likeness (QED) is 0.522. The van der Waals surface area contributed by atoms with Crippen molar-refractivity contribution in [1.82, 2.24) is 14.4 Å². The van der Waals surface area contributed by atoms with Gasteiger partial charge in [-0.1, -0.05) is 6.07 Å². The molecule has 7 nitrogen and oxygen atoms in total. The molecule has 8 heteroatoms. The van der Waals surface area contributed by atoms with Gasteiger partial charge >= 0.3 is 0 Å². The first-order valence-corrected chi connectivity index (χ1v) is 9.85. The molecule has 148 valence electrons. The highest BCUT2D eigenvalue weighted by Crippen LogP contribution is 2.34. The van der Waals surface area contributed by atoms with Gasteiger partial charge in [0.15, 0.2) is 4.96 Å². The van der Waals surface area contributed by atoms with Crippen LogP contribution in [0, 0.1) is 6.92 Å². The molecule has 0 atom stereocenters. The van der Waals surface area contributed by atoms with E-state index in [1.54, 1.807) is 26.5 Å². The van der Waals surface area contributed by atoms with Gasteiger partial charge in [-0.15, -0.1) is 11.3 Å². The molecule has 0 aliphatic carbocycles. The molecule has 0 aliphatic heterocycles. The van der Waals surface area contributed by atoms with Gasteiger partial charge in [0.1, 0.15) is 17.3 Å². The summed E-state index contributed by atoms with van der Waals surface area (Å²) in [5.74, 6) is 1.85. The van der Waals surface area contributed by atoms with Gasteiger partial charge in [0.05, 0.1) is 26.3 Å². The second-order valence-corrected chi connectivity index (χ2v) is 7.35. The third kappa shape index (κ3) is 3.93. The molecule has 0 saturated heterocycles. The van der Waals surface area contributed by atoms with Crippen molar-refractivity contribution in [2.24, 2.45) is 0 Å². The summed E-state index contributed by atoms with van der Waals surface area (Å²) >= 11 is 1.49. The van der Waals surface area contributed by atoms with E-state index in [4.69, 9.17) is 14.5 Å². The van der Waals surface area contributed by atoms with E-state index in [2.05, 4.69) is 10.3 Å². The number of carbonyl (C=O) groups is 1. The Labute approximate surface area is 172 Å². The van der Waals surface area contributed by atoms with Crippen LogP contribution in [0.15, 0.2) is 48.1 Å². The number of thiazole rings is 1. The van der Waals surface area contributed by atoms with Crippen LogP contribution in [-0.2, 0) is 11.2 Å². The zero-order valence-corrected chi connectivity index (χ0v) is 17.1. The first kappa shape index (κ1) is 18.9. The number of ether oxygens (including phenoxy) is 2. The van der Waals surface area contributed by atoms with Crippen molar-refractivity contribution in [2.45, 2.75) is 13.3 Å². The summed E-state index contributed by atoms with van der Waals surface area (Å²) in [7, 11) is 3.25. The fourth-order valence-corrected chi connectivity index (χ4v) is 3.87. The predicted molar refractivity (Wildman–Crippen MR) is 113 cm³/mol. The lowest BCUT2D eigenvalue weighted by Crippen LogP contribution is -2.16. The molecule has 1 amide bonds. The summed E-state index contributed by atoms with van der Waals surface area (Å²) in [6, 6.07) is 9.29. The Morgan fingerprint density at radius 2 is 2.07 bits per heavy atom. The number of fused-ring (bicyclic) bond motifs is 1. The van der Waals surface area contributed by atoms with Crippen LogP contribution in [0.5, 0.6) is 11.5 Å². The van der Waals surface area contributed by atoms with Gasteiger partial charge < -0.3 is 14.8 Å². The zero-order chi connectivity index (χ0) is 20.4. The average Bonchev–Trinajstić information content (AvgIpc) is 3.31. The lowest BCUT2D eigenvalue weighted by Gasteiger charge is -2.08. The number of pyridine rings is 1. The molecule has 0 spiro atoms. The van der Waals surface area contributed by atoms with Crippen molar-refractivity contribution in [3.05, 3.63) is 59.4 Å². The molecule has 0 aliphatic rings. The van der Waals surface area contributed by atoms with E-state index in [0.29, 0.717) is 11.6 Å². The molecule has 4 rings (SSSR count). The number of nitrogens with one attached hydrogen (secondary N) is 1. The van der Waals surface area contributed by atoms with Gasteiger partial charge in [-0.05, 0) is 36.8 Å². The number of imidazole rings is 1. The molecular formula is C21H20N4O3S. The maximum atomic E-state index is 12.5. The van der Waals surface area contributed by atoms with Gasteiger partial charge in [-0.3, -0.25) is 9.20 Å². The number of rotatable bonds is 6. The fraction of sp³-hybridized carbons (Fsp3) is 0.190. The van der Waals surface area contributed by atoms with Crippen molar-refractivity contribution in [2.75, 3.05) is 19.5 Å². The average molecular weight is 408 g/mol. The summed E-state index contributed by atoms with van der Waals surface area (Å²) in [6.45, 7) is 1.95. The molecule has 0 radical (unpaired) electrons. The molecule has 0 saturated carbocycles. The van der Waals surface area contributed by atoms with Crippen LogP contribution in [0.3, 0.4) is 0 Å². The van der Waals surface area contributed by atoms with Crippen LogP contribution in [0.25, 0.3) is 16.2 Å². The van der Waals surface area contributed by atoms with E-state index >= 15 is 0 Å². The van der Waals surface area contributed by atoms with Gasteiger partial charge in [-0.25, -0.2) is 9.97 Å².